The molecule has 0 spiro atoms. The van der Waals surface area contributed by atoms with Gasteiger partial charge < -0.3 is 10.1 Å². The van der Waals surface area contributed by atoms with Crippen LogP contribution in [0.3, 0.4) is 0 Å². The van der Waals surface area contributed by atoms with Gasteiger partial charge in [0.2, 0.25) is 5.91 Å². The second kappa shape index (κ2) is 6.76. The molecular formula is C13H13N3O3S. The molecule has 2 rings (SSSR count). The highest BCUT2D eigenvalue weighted by atomic mass is 32.1. The average Bonchev–Trinajstić information content (AvgIpc) is 2.86. The van der Waals surface area contributed by atoms with Crippen LogP contribution >= 0.6 is 11.3 Å². The Bertz CT molecular complexity index is 598. The maximum atomic E-state index is 11.8. The molecule has 2 aromatic rings. The van der Waals surface area contributed by atoms with E-state index >= 15 is 0 Å². The molecule has 1 N–H and O–H groups in total. The number of aromatic nitrogens is 2. The highest BCUT2D eigenvalue weighted by Gasteiger charge is 2.10. The van der Waals surface area contributed by atoms with E-state index in [-0.39, 0.29) is 24.7 Å². The Labute approximate surface area is 119 Å². The van der Waals surface area contributed by atoms with Crippen LogP contribution < -0.4 is 5.32 Å². The van der Waals surface area contributed by atoms with Crippen LogP contribution in [0, 0.1) is 0 Å². The summed E-state index contributed by atoms with van der Waals surface area (Å²) in [6.45, 7) is 0. The van der Waals surface area contributed by atoms with Crippen LogP contribution in [-0.2, 0) is 27.2 Å². The third-order valence-corrected chi connectivity index (χ3v) is 3.25. The van der Waals surface area contributed by atoms with Crippen molar-refractivity contribution in [2.75, 3.05) is 12.4 Å². The molecule has 20 heavy (non-hydrogen) atoms. The molecule has 7 heteroatoms. The van der Waals surface area contributed by atoms with Gasteiger partial charge in [0.15, 0.2) is 5.13 Å². The minimum Gasteiger partial charge on any atom is -0.469 e. The van der Waals surface area contributed by atoms with Crippen molar-refractivity contribution in [3.63, 3.8) is 0 Å². The molecule has 2 heterocycles. The van der Waals surface area contributed by atoms with E-state index in [0.717, 1.165) is 5.56 Å². The predicted molar refractivity (Wildman–Crippen MR) is 74.4 cm³/mol. The number of hydrogen-bond donors (Lipinski definition) is 1. The first-order valence-corrected chi connectivity index (χ1v) is 6.75. The fourth-order valence-electron chi connectivity index (χ4n) is 1.52. The first kappa shape index (κ1) is 14.1. The lowest BCUT2D eigenvalue weighted by Gasteiger charge is -2.01. The number of hydrogen-bond acceptors (Lipinski definition) is 6. The summed E-state index contributed by atoms with van der Waals surface area (Å²) in [7, 11) is 1.32. The smallest absolute Gasteiger partial charge is 0.311 e. The molecule has 0 aliphatic carbocycles. The fourth-order valence-corrected chi connectivity index (χ4v) is 2.24. The summed E-state index contributed by atoms with van der Waals surface area (Å²) in [5.74, 6) is -0.527. The molecule has 0 saturated carbocycles. The number of carbonyl (C=O) groups is 2. The predicted octanol–water partition coefficient (Wildman–Crippen LogP) is 1.43. The van der Waals surface area contributed by atoms with E-state index in [0.29, 0.717) is 10.8 Å². The number of nitrogens with one attached hydrogen (secondary N) is 1. The third-order valence-electron chi connectivity index (χ3n) is 2.44. The fraction of sp³-hybridized carbons (Fsp3) is 0.231. The van der Waals surface area contributed by atoms with Crippen LogP contribution in [0.4, 0.5) is 5.13 Å². The molecule has 0 saturated heterocycles. The molecule has 0 fully saturated rings. The zero-order valence-electron chi connectivity index (χ0n) is 10.8. The summed E-state index contributed by atoms with van der Waals surface area (Å²) in [5, 5.41) is 4.88. The van der Waals surface area contributed by atoms with Gasteiger partial charge in [-0.3, -0.25) is 14.6 Å². The topological polar surface area (TPSA) is 81.2 Å². The number of nitrogens with zero attached hydrogens (tertiary/aromatic N) is 2. The zero-order valence-corrected chi connectivity index (χ0v) is 11.6. The van der Waals surface area contributed by atoms with Gasteiger partial charge in [-0.25, -0.2) is 4.98 Å². The van der Waals surface area contributed by atoms with Crippen molar-refractivity contribution in [2.45, 2.75) is 12.8 Å². The molecule has 0 radical (unpaired) electrons. The zero-order chi connectivity index (χ0) is 14.4. The molecule has 0 unspecified atom stereocenters. The van der Waals surface area contributed by atoms with E-state index in [1.54, 1.807) is 23.8 Å². The van der Waals surface area contributed by atoms with E-state index in [1.807, 2.05) is 6.07 Å². The van der Waals surface area contributed by atoms with Gasteiger partial charge in [0, 0.05) is 17.8 Å². The lowest BCUT2D eigenvalue weighted by atomic mass is 10.2. The molecular weight excluding hydrogens is 278 g/mol. The molecule has 0 aliphatic rings. The van der Waals surface area contributed by atoms with Gasteiger partial charge in [-0.2, -0.15) is 0 Å². The number of carbonyl (C=O) groups excluding carboxylic acids is 2. The SMILES string of the molecule is COC(=O)Cc1csc(NC(=O)Cc2cccnc2)n1. The number of pyridine rings is 1. The van der Waals surface area contributed by atoms with Gasteiger partial charge in [0.05, 0.1) is 25.6 Å². The molecule has 0 aromatic carbocycles. The number of anilines is 1. The highest BCUT2D eigenvalue weighted by Crippen LogP contribution is 2.16. The van der Waals surface area contributed by atoms with Crippen LogP contribution in [0.15, 0.2) is 29.9 Å². The molecule has 104 valence electrons. The van der Waals surface area contributed by atoms with E-state index in [2.05, 4.69) is 20.0 Å². The summed E-state index contributed by atoms with van der Waals surface area (Å²) in [5.41, 5.74) is 1.41. The summed E-state index contributed by atoms with van der Waals surface area (Å²) in [4.78, 5) is 31.0. The minimum atomic E-state index is -0.358. The molecule has 0 atom stereocenters. The largest absolute Gasteiger partial charge is 0.469 e. The van der Waals surface area contributed by atoms with Crippen LogP contribution in [0.1, 0.15) is 11.3 Å². The number of thiazole rings is 1. The van der Waals surface area contributed by atoms with Gasteiger partial charge in [-0.15, -0.1) is 11.3 Å². The maximum absolute atomic E-state index is 11.8. The Morgan fingerprint density at radius 2 is 2.25 bits per heavy atom. The molecule has 6 nitrogen and oxygen atoms in total. The molecule has 1 amide bonds. The second-order valence-electron chi connectivity index (χ2n) is 3.98. The van der Waals surface area contributed by atoms with Gasteiger partial charge in [-0.05, 0) is 11.6 Å². The van der Waals surface area contributed by atoms with Crippen molar-refractivity contribution in [3.05, 3.63) is 41.2 Å². The van der Waals surface area contributed by atoms with Crippen molar-refractivity contribution in [2.24, 2.45) is 0 Å². The number of amides is 1. The van der Waals surface area contributed by atoms with Crippen LogP contribution in [0.5, 0.6) is 0 Å². The van der Waals surface area contributed by atoms with Crippen molar-refractivity contribution < 1.29 is 14.3 Å². The monoisotopic (exact) mass is 291 g/mol. The van der Waals surface area contributed by atoms with Crippen LogP contribution in [0.25, 0.3) is 0 Å². The number of ether oxygens (including phenoxy) is 1. The summed E-state index contributed by atoms with van der Waals surface area (Å²) < 4.78 is 4.55. The summed E-state index contributed by atoms with van der Waals surface area (Å²) in [6.07, 6.45) is 3.64. The average molecular weight is 291 g/mol. The van der Waals surface area contributed by atoms with Gasteiger partial charge in [0.25, 0.3) is 0 Å². The molecule has 2 aromatic heterocycles. The molecule has 0 aliphatic heterocycles. The first-order valence-electron chi connectivity index (χ1n) is 5.87. The maximum Gasteiger partial charge on any atom is 0.311 e. The Morgan fingerprint density at radius 3 is 2.95 bits per heavy atom. The van der Waals surface area contributed by atoms with Gasteiger partial charge >= 0.3 is 5.97 Å². The van der Waals surface area contributed by atoms with Gasteiger partial charge in [-0.1, -0.05) is 6.07 Å². The van der Waals surface area contributed by atoms with Gasteiger partial charge in [0.1, 0.15) is 0 Å². The Balaban J connectivity index is 1.90. The third kappa shape index (κ3) is 4.13. The number of methoxy groups -OCH3 is 1. The summed E-state index contributed by atoms with van der Waals surface area (Å²) in [6, 6.07) is 3.61. The normalized spacial score (nSPS) is 10.1. The summed E-state index contributed by atoms with van der Waals surface area (Å²) >= 11 is 1.27. The van der Waals surface area contributed by atoms with Crippen LogP contribution in [0.2, 0.25) is 0 Å². The van der Waals surface area contributed by atoms with E-state index in [9.17, 15) is 9.59 Å². The van der Waals surface area contributed by atoms with Crippen molar-refractivity contribution in [1.82, 2.24) is 9.97 Å². The highest BCUT2D eigenvalue weighted by molar-refractivity contribution is 7.13. The molecule has 0 bridgehead atoms. The van der Waals surface area contributed by atoms with Crippen LogP contribution in [-0.4, -0.2) is 29.0 Å². The van der Waals surface area contributed by atoms with E-state index in [4.69, 9.17) is 0 Å². The van der Waals surface area contributed by atoms with Crippen molar-refractivity contribution in [3.8, 4) is 0 Å². The number of esters is 1. The Hall–Kier alpha value is -2.28. The van der Waals surface area contributed by atoms with E-state index < -0.39 is 0 Å². The Kier molecular flexibility index (Phi) is 4.78. The standard InChI is InChI=1S/C13H13N3O3S/c1-19-12(18)6-10-8-20-13(15-10)16-11(17)5-9-3-2-4-14-7-9/h2-4,7-8H,5-6H2,1H3,(H,15,16,17). The Morgan fingerprint density at radius 1 is 1.40 bits per heavy atom. The quantitative estimate of drug-likeness (QED) is 0.843. The first-order chi connectivity index (χ1) is 9.67. The van der Waals surface area contributed by atoms with Crippen molar-refractivity contribution in [1.29, 1.82) is 0 Å². The number of rotatable bonds is 5. The lowest BCUT2D eigenvalue weighted by molar-refractivity contribution is -0.139. The minimum absolute atomic E-state index is 0.103. The van der Waals surface area contributed by atoms with Crippen molar-refractivity contribution >= 4 is 28.3 Å². The second-order valence-corrected chi connectivity index (χ2v) is 4.84. The van der Waals surface area contributed by atoms with E-state index in [1.165, 1.54) is 18.4 Å². The lowest BCUT2D eigenvalue weighted by Crippen LogP contribution is -2.14.